The molecule has 1 N–H and O–H groups in total. The van der Waals surface area contributed by atoms with Crippen molar-refractivity contribution in [1.82, 2.24) is 5.32 Å². The van der Waals surface area contributed by atoms with E-state index in [0.29, 0.717) is 0 Å². The summed E-state index contributed by atoms with van der Waals surface area (Å²) in [5.41, 5.74) is 4.13. The molecule has 0 aliphatic heterocycles. The van der Waals surface area contributed by atoms with E-state index in [-0.39, 0.29) is 6.04 Å². The quantitative estimate of drug-likeness (QED) is 0.685. The van der Waals surface area contributed by atoms with Crippen LogP contribution in [-0.4, -0.2) is 6.54 Å². The molecular weight excluding hydrogens is 274 g/mol. The van der Waals surface area contributed by atoms with Crippen LogP contribution in [0.5, 0.6) is 0 Å². The molecule has 0 saturated carbocycles. The monoisotopic (exact) mass is 295 g/mol. The van der Waals surface area contributed by atoms with Crippen molar-refractivity contribution in [3.8, 4) is 0 Å². The highest BCUT2D eigenvalue weighted by molar-refractivity contribution is 7.17. The van der Waals surface area contributed by atoms with Gasteiger partial charge in [-0.15, -0.1) is 11.3 Å². The molecule has 0 bridgehead atoms. The van der Waals surface area contributed by atoms with E-state index in [1.165, 1.54) is 26.8 Å². The molecule has 1 unspecified atom stereocenters. The Balaban J connectivity index is 2.04. The molecule has 3 aromatic rings. The van der Waals surface area contributed by atoms with Gasteiger partial charge in [0.25, 0.3) is 0 Å². The van der Waals surface area contributed by atoms with Crippen LogP contribution in [0.4, 0.5) is 0 Å². The molecule has 1 nitrogen and oxygen atoms in total. The van der Waals surface area contributed by atoms with Crippen molar-refractivity contribution in [3.05, 3.63) is 70.6 Å². The maximum Gasteiger partial charge on any atom is 0.0591 e. The van der Waals surface area contributed by atoms with Gasteiger partial charge in [-0.05, 0) is 46.5 Å². The second kappa shape index (κ2) is 6.42. The second-order valence-corrected chi connectivity index (χ2v) is 6.18. The van der Waals surface area contributed by atoms with Crippen molar-refractivity contribution in [2.75, 3.05) is 6.54 Å². The van der Waals surface area contributed by atoms with Gasteiger partial charge in [0.1, 0.15) is 0 Å². The number of hydrogen-bond acceptors (Lipinski definition) is 2. The minimum atomic E-state index is 0.275. The number of aryl methyl sites for hydroxylation is 1. The number of hydrogen-bond donors (Lipinski definition) is 1. The van der Waals surface area contributed by atoms with Crippen LogP contribution in [0.15, 0.2) is 53.9 Å². The summed E-state index contributed by atoms with van der Waals surface area (Å²) < 4.78 is 1.36. The molecule has 0 fully saturated rings. The largest absolute Gasteiger partial charge is 0.306 e. The number of thiophene rings is 1. The Morgan fingerprint density at radius 3 is 2.48 bits per heavy atom. The van der Waals surface area contributed by atoms with Gasteiger partial charge >= 0.3 is 0 Å². The number of rotatable bonds is 5. The molecule has 0 aliphatic rings. The summed E-state index contributed by atoms with van der Waals surface area (Å²) in [5, 5.41) is 7.30. The lowest BCUT2D eigenvalue weighted by Crippen LogP contribution is -2.21. The normalized spacial score (nSPS) is 12.7. The number of nitrogens with one attached hydrogen (secondary N) is 1. The highest BCUT2D eigenvalue weighted by Gasteiger charge is 2.16. The Hall–Kier alpha value is -1.64. The molecule has 0 amide bonds. The summed E-state index contributed by atoms with van der Waals surface area (Å²) in [4.78, 5) is 0. The zero-order valence-corrected chi connectivity index (χ0v) is 13.4. The van der Waals surface area contributed by atoms with Crippen LogP contribution in [0.1, 0.15) is 36.6 Å². The van der Waals surface area contributed by atoms with Gasteiger partial charge in [-0.3, -0.25) is 0 Å². The molecule has 3 rings (SSSR count). The third-order valence-corrected chi connectivity index (χ3v) is 4.93. The van der Waals surface area contributed by atoms with Gasteiger partial charge in [-0.25, -0.2) is 0 Å². The fraction of sp³-hybridized carbons (Fsp3) is 0.263. The van der Waals surface area contributed by atoms with E-state index in [1.807, 2.05) is 11.3 Å². The summed E-state index contributed by atoms with van der Waals surface area (Å²) in [6.07, 6.45) is 1.09. The van der Waals surface area contributed by atoms with Crippen LogP contribution in [0.25, 0.3) is 10.1 Å². The molecule has 0 spiro atoms. The van der Waals surface area contributed by atoms with Crippen molar-refractivity contribution in [2.24, 2.45) is 0 Å². The highest BCUT2D eigenvalue weighted by Crippen LogP contribution is 2.33. The molecule has 0 radical (unpaired) electrons. The minimum absolute atomic E-state index is 0.275. The summed E-state index contributed by atoms with van der Waals surface area (Å²) in [5.74, 6) is 0. The van der Waals surface area contributed by atoms with Crippen LogP contribution in [0.3, 0.4) is 0 Å². The first kappa shape index (κ1) is 14.3. The van der Waals surface area contributed by atoms with Gasteiger partial charge in [-0.2, -0.15) is 0 Å². The first-order valence-corrected chi connectivity index (χ1v) is 8.49. The topological polar surface area (TPSA) is 12.0 Å². The first-order chi connectivity index (χ1) is 10.3. The Labute approximate surface area is 130 Å². The second-order valence-electron chi connectivity index (χ2n) is 5.27. The van der Waals surface area contributed by atoms with Gasteiger partial charge in [0.05, 0.1) is 6.04 Å². The average molecular weight is 295 g/mol. The van der Waals surface area contributed by atoms with Crippen molar-refractivity contribution in [1.29, 1.82) is 0 Å². The van der Waals surface area contributed by atoms with Crippen molar-refractivity contribution < 1.29 is 0 Å². The van der Waals surface area contributed by atoms with Gasteiger partial charge in [0, 0.05) is 4.70 Å². The molecule has 1 heterocycles. The first-order valence-electron chi connectivity index (χ1n) is 7.61. The lowest BCUT2D eigenvalue weighted by Gasteiger charge is -2.18. The highest BCUT2D eigenvalue weighted by atomic mass is 32.1. The molecule has 21 heavy (non-hydrogen) atoms. The zero-order chi connectivity index (χ0) is 14.7. The Morgan fingerprint density at radius 1 is 1.00 bits per heavy atom. The van der Waals surface area contributed by atoms with E-state index in [4.69, 9.17) is 0 Å². The standard InChI is InChI=1S/C19H21NS/c1-3-14-9-11-15(12-10-14)19(20-4-2)17-13-21-18-8-6-5-7-16(17)18/h5-13,19-20H,3-4H2,1-2H3. The molecule has 2 aromatic carbocycles. The number of benzene rings is 2. The predicted octanol–water partition coefficient (Wildman–Crippen LogP) is 5.16. The van der Waals surface area contributed by atoms with E-state index in [0.717, 1.165) is 13.0 Å². The van der Waals surface area contributed by atoms with Crippen LogP contribution >= 0.6 is 11.3 Å². The molecular formula is C19H21NS. The molecule has 0 saturated heterocycles. The lowest BCUT2D eigenvalue weighted by atomic mass is 9.97. The smallest absolute Gasteiger partial charge is 0.0591 e. The fourth-order valence-corrected chi connectivity index (χ4v) is 3.77. The molecule has 1 atom stereocenters. The summed E-state index contributed by atoms with van der Waals surface area (Å²) in [6.45, 7) is 5.33. The Kier molecular flexibility index (Phi) is 4.37. The summed E-state index contributed by atoms with van der Waals surface area (Å²) >= 11 is 1.83. The third kappa shape index (κ3) is 2.87. The van der Waals surface area contributed by atoms with Gasteiger partial charge in [0.2, 0.25) is 0 Å². The van der Waals surface area contributed by atoms with Crippen molar-refractivity contribution in [2.45, 2.75) is 26.3 Å². The molecule has 2 heteroatoms. The summed E-state index contributed by atoms with van der Waals surface area (Å²) in [7, 11) is 0. The van der Waals surface area contributed by atoms with E-state index in [1.54, 1.807) is 0 Å². The van der Waals surface area contributed by atoms with Gasteiger partial charge < -0.3 is 5.32 Å². The van der Waals surface area contributed by atoms with Crippen LogP contribution in [0, 0.1) is 0 Å². The summed E-state index contributed by atoms with van der Waals surface area (Å²) in [6, 6.07) is 18.0. The van der Waals surface area contributed by atoms with E-state index >= 15 is 0 Å². The molecule has 0 aliphatic carbocycles. The minimum Gasteiger partial charge on any atom is -0.306 e. The molecule has 108 valence electrons. The van der Waals surface area contributed by atoms with E-state index in [9.17, 15) is 0 Å². The van der Waals surface area contributed by atoms with Gasteiger partial charge in [0.15, 0.2) is 0 Å². The average Bonchev–Trinajstić information content (AvgIpc) is 2.97. The molecule has 1 aromatic heterocycles. The van der Waals surface area contributed by atoms with Gasteiger partial charge in [-0.1, -0.05) is 56.3 Å². The predicted molar refractivity (Wildman–Crippen MR) is 93.2 cm³/mol. The van der Waals surface area contributed by atoms with Crippen molar-refractivity contribution in [3.63, 3.8) is 0 Å². The zero-order valence-electron chi connectivity index (χ0n) is 12.6. The third-order valence-electron chi connectivity index (χ3n) is 3.95. The van der Waals surface area contributed by atoms with Crippen LogP contribution < -0.4 is 5.32 Å². The van der Waals surface area contributed by atoms with Crippen molar-refractivity contribution >= 4 is 21.4 Å². The SMILES string of the molecule is CCNC(c1ccc(CC)cc1)c1csc2ccccc12. The van der Waals surface area contributed by atoms with Crippen LogP contribution in [-0.2, 0) is 6.42 Å². The lowest BCUT2D eigenvalue weighted by molar-refractivity contribution is 0.635. The van der Waals surface area contributed by atoms with E-state index < -0.39 is 0 Å². The Morgan fingerprint density at radius 2 is 1.76 bits per heavy atom. The van der Waals surface area contributed by atoms with E-state index in [2.05, 4.69) is 73.1 Å². The fourth-order valence-electron chi connectivity index (χ4n) is 2.78. The number of fused-ring (bicyclic) bond motifs is 1. The maximum atomic E-state index is 3.64. The van der Waals surface area contributed by atoms with Crippen LogP contribution in [0.2, 0.25) is 0 Å². The Bertz CT molecular complexity index is 712. The maximum absolute atomic E-state index is 3.64.